The fourth-order valence-electron chi connectivity index (χ4n) is 1.95. The van der Waals surface area contributed by atoms with Gasteiger partial charge in [0.1, 0.15) is 0 Å². The highest BCUT2D eigenvalue weighted by Gasteiger charge is 2.39. The van der Waals surface area contributed by atoms with Crippen molar-refractivity contribution in [3.05, 3.63) is 0 Å². The highest BCUT2D eigenvalue weighted by atomic mass is 79.9. The molecule has 90 valence electrons. The summed E-state index contributed by atoms with van der Waals surface area (Å²) in [6.45, 7) is 4.14. The smallest absolute Gasteiger partial charge is 0.150 e. The molecule has 0 saturated heterocycles. The van der Waals surface area contributed by atoms with Crippen LogP contribution in [0.2, 0.25) is 0 Å². The molecule has 0 bridgehead atoms. The van der Waals surface area contributed by atoms with Crippen molar-refractivity contribution in [3.8, 4) is 0 Å². The van der Waals surface area contributed by atoms with Crippen LogP contribution in [0.3, 0.4) is 0 Å². The van der Waals surface area contributed by atoms with E-state index in [-0.39, 0.29) is 5.41 Å². The predicted octanol–water partition coefficient (Wildman–Crippen LogP) is 3.01. The number of alkyl halides is 1. The van der Waals surface area contributed by atoms with Crippen LogP contribution in [0.25, 0.3) is 0 Å². The minimum atomic E-state index is -2.84. The zero-order chi connectivity index (χ0) is 11.5. The normalized spacial score (nSPS) is 20.3. The fraction of sp³-hybridized carbons (Fsp3) is 1.00. The van der Waals surface area contributed by atoms with Crippen molar-refractivity contribution in [2.24, 2.45) is 11.3 Å². The standard InChI is InChI=1S/C11H21BrO2S/c1-10(2)4-7-15(13,14)9-11(8-12)5-3-6-11/h10H,3-9H2,1-2H3. The molecular weight excluding hydrogens is 276 g/mol. The number of rotatable bonds is 6. The molecule has 15 heavy (non-hydrogen) atoms. The van der Waals surface area contributed by atoms with Gasteiger partial charge in [0.25, 0.3) is 0 Å². The Hall–Kier alpha value is 0.430. The molecule has 1 aliphatic carbocycles. The molecule has 0 unspecified atom stereocenters. The van der Waals surface area contributed by atoms with Gasteiger partial charge < -0.3 is 0 Å². The number of sulfone groups is 1. The van der Waals surface area contributed by atoms with Gasteiger partial charge in [-0.3, -0.25) is 0 Å². The molecule has 0 heterocycles. The summed E-state index contributed by atoms with van der Waals surface area (Å²) in [4.78, 5) is 0. The molecule has 0 aromatic heterocycles. The van der Waals surface area contributed by atoms with Crippen LogP contribution in [0.5, 0.6) is 0 Å². The van der Waals surface area contributed by atoms with Gasteiger partial charge in [-0.1, -0.05) is 36.2 Å². The number of halogens is 1. The van der Waals surface area contributed by atoms with Gasteiger partial charge in [-0.15, -0.1) is 0 Å². The van der Waals surface area contributed by atoms with Crippen LogP contribution in [-0.4, -0.2) is 25.3 Å². The Labute approximate surface area is 102 Å². The molecule has 0 atom stereocenters. The van der Waals surface area contributed by atoms with Crippen molar-refractivity contribution in [2.45, 2.75) is 39.5 Å². The van der Waals surface area contributed by atoms with Gasteiger partial charge in [-0.25, -0.2) is 8.42 Å². The SMILES string of the molecule is CC(C)CCS(=O)(=O)CC1(CBr)CCC1. The van der Waals surface area contributed by atoms with Gasteiger partial charge in [0.05, 0.1) is 11.5 Å². The van der Waals surface area contributed by atoms with E-state index in [2.05, 4.69) is 29.8 Å². The van der Waals surface area contributed by atoms with Crippen molar-refractivity contribution in [1.82, 2.24) is 0 Å². The van der Waals surface area contributed by atoms with Crippen LogP contribution in [0, 0.1) is 11.3 Å². The number of hydrogen-bond donors (Lipinski definition) is 0. The Morgan fingerprint density at radius 1 is 1.33 bits per heavy atom. The summed E-state index contributed by atoms with van der Waals surface area (Å²) in [5.41, 5.74) is 0.0653. The first-order valence-electron chi connectivity index (χ1n) is 5.66. The van der Waals surface area contributed by atoms with Crippen molar-refractivity contribution in [2.75, 3.05) is 16.8 Å². The first kappa shape index (κ1) is 13.5. The van der Waals surface area contributed by atoms with Crippen molar-refractivity contribution in [1.29, 1.82) is 0 Å². The third kappa shape index (κ3) is 4.06. The Balaban J connectivity index is 2.48. The second kappa shape index (κ2) is 5.17. The van der Waals surface area contributed by atoms with E-state index in [1.807, 2.05) is 0 Å². The summed E-state index contributed by atoms with van der Waals surface area (Å²) in [5.74, 6) is 1.22. The zero-order valence-corrected chi connectivity index (χ0v) is 12.0. The van der Waals surface area contributed by atoms with Crippen LogP contribution < -0.4 is 0 Å². The molecule has 2 nitrogen and oxygen atoms in total. The van der Waals surface area contributed by atoms with E-state index in [1.165, 1.54) is 6.42 Å². The molecule has 1 fully saturated rings. The largest absolute Gasteiger partial charge is 0.229 e. The van der Waals surface area contributed by atoms with Gasteiger partial charge >= 0.3 is 0 Å². The summed E-state index contributed by atoms with van der Waals surface area (Å²) >= 11 is 3.45. The van der Waals surface area contributed by atoms with E-state index in [9.17, 15) is 8.42 Å². The third-order valence-corrected chi connectivity index (χ3v) is 6.33. The Morgan fingerprint density at radius 2 is 1.93 bits per heavy atom. The van der Waals surface area contributed by atoms with E-state index in [0.29, 0.717) is 17.4 Å². The summed E-state index contributed by atoms with van der Waals surface area (Å²) in [5, 5.41) is 0.834. The molecule has 0 radical (unpaired) electrons. The Bertz CT molecular complexity index is 286. The molecule has 4 heteroatoms. The van der Waals surface area contributed by atoms with E-state index in [4.69, 9.17) is 0 Å². The molecular formula is C11H21BrO2S. The lowest BCUT2D eigenvalue weighted by molar-refractivity contribution is 0.203. The monoisotopic (exact) mass is 296 g/mol. The van der Waals surface area contributed by atoms with E-state index in [0.717, 1.165) is 24.6 Å². The molecule has 0 spiro atoms. The molecule has 1 rings (SSSR count). The Morgan fingerprint density at radius 3 is 2.27 bits per heavy atom. The molecule has 1 aliphatic rings. The zero-order valence-electron chi connectivity index (χ0n) is 9.63. The van der Waals surface area contributed by atoms with Gasteiger partial charge in [-0.05, 0) is 30.6 Å². The van der Waals surface area contributed by atoms with Crippen molar-refractivity contribution < 1.29 is 8.42 Å². The second-order valence-electron chi connectivity index (χ2n) is 5.26. The molecule has 0 aromatic carbocycles. The van der Waals surface area contributed by atoms with E-state index < -0.39 is 9.84 Å². The Kier molecular flexibility index (Phi) is 4.65. The molecule has 0 aromatic rings. The first-order chi connectivity index (χ1) is 6.89. The van der Waals surface area contributed by atoms with Crippen LogP contribution in [0.15, 0.2) is 0 Å². The summed E-state index contributed by atoms with van der Waals surface area (Å²) in [6.07, 6.45) is 4.12. The maximum atomic E-state index is 11.9. The average molecular weight is 297 g/mol. The average Bonchev–Trinajstić information content (AvgIpc) is 2.09. The van der Waals surface area contributed by atoms with Crippen molar-refractivity contribution in [3.63, 3.8) is 0 Å². The van der Waals surface area contributed by atoms with Crippen LogP contribution in [0.1, 0.15) is 39.5 Å². The van der Waals surface area contributed by atoms with Gasteiger partial charge in [0, 0.05) is 5.33 Å². The van der Waals surface area contributed by atoms with Gasteiger partial charge in [0.15, 0.2) is 9.84 Å². The fourth-order valence-corrected chi connectivity index (χ4v) is 5.27. The summed E-state index contributed by atoms with van der Waals surface area (Å²) < 4.78 is 23.8. The maximum Gasteiger partial charge on any atom is 0.150 e. The second-order valence-corrected chi connectivity index (χ2v) is 8.01. The van der Waals surface area contributed by atoms with Gasteiger partial charge in [-0.2, -0.15) is 0 Å². The van der Waals surface area contributed by atoms with Crippen LogP contribution in [-0.2, 0) is 9.84 Å². The van der Waals surface area contributed by atoms with Crippen LogP contribution >= 0.6 is 15.9 Å². The minimum absolute atomic E-state index is 0.0653. The minimum Gasteiger partial charge on any atom is -0.229 e. The lowest BCUT2D eigenvalue weighted by atomic mass is 9.72. The van der Waals surface area contributed by atoms with Gasteiger partial charge in [0.2, 0.25) is 0 Å². The topological polar surface area (TPSA) is 34.1 Å². The third-order valence-electron chi connectivity index (χ3n) is 3.23. The lowest BCUT2D eigenvalue weighted by Crippen LogP contribution is -2.39. The quantitative estimate of drug-likeness (QED) is 0.706. The first-order valence-corrected chi connectivity index (χ1v) is 8.60. The lowest BCUT2D eigenvalue weighted by Gasteiger charge is -2.40. The molecule has 1 saturated carbocycles. The highest BCUT2D eigenvalue weighted by Crippen LogP contribution is 2.43. The maximum absolute atomic E-state index is 11.9. The molecule has 0 aliphatic heterocycles. The van der Waals surface area contributed by atoms with Crippen molar-refractivity contribution >= 4 is 25.8 Å². The summed E-state index contributed by atoms with van der Waals surface area (Å²) in [7, 11) is -2.84. The number of hydrogen-bond acceptors (Lipinski definition) is 2. The van der Waals surface area contributed by atoms with E-state index >= 15 is 0 Å². The van der Waals surface area contributed by atoms with E-state index in [1.54, 1.807) is 0 Å². The molecule has 0 amide bonds. The predicted molar refractivity (Wildman–Crippen MR) is 68.2 cm³/mol. The molecule has 0 N–H and O–H groups in total. The summed E-state index contributed by atoms with van der Waals surface area (Å²) in [6, 6.07) is 0. The highest BCUT2D eigenvalue weighted by molar-refractivity contribution is 9.09. The van der Waals surface area contributed by atoms with Crippen LogP contribution in [0.4, 0.5) is 0 Å².